The first-order chi connectivity index (χ1) is 9.07. The van der Waals surface area contributed by atoms with Gasteiger partial charge < -0.3 is 0 Å². The summed E-state index contributed by atoms with van der Waals surface area (Å²) in [5.41, 5.74) is 4.12. The van der Waals surface area contributed by atoms with E-state index in [1.165, 1.54) is 25.7 Å². The van der Waals surface area contributed by atoms with Crippen LogP contribution in [0.1, 0.15) is 51.3 Å². The van der Waals surface area contributed by atoms with Gasteiger partial charge in [-0.15, -0.1) is 0 Å². The normalized spacial score (nSPS) is 20.2. The highest BCUT2D eigenvalue weighted by Crippen LogP contribution is 2.31. The molecule has 1 saturated heterocycles. The molecule has 3 N–H and O–H groups in total. The lowest BCUT2D eigenvalue weighted by Crippen LogP contribution is -2.55. The third-order valence-corrected chi connectivity index (χ3v) is 4.45. The van der Waals surface area contributed by atoms with E-state index in [0.29, 0.717) is 0 Å². The van der Waals surface area contributed by atoms with Crippen LogP contribution in [0.15, 0.2) is 12.3 Å². The first-order valence-electron chi connectivity index (χ1n) is 7.26. The summed E-state index contributed by atoms with van der Waals surface area (Å²) in [6, 6.07) is 2.13. The van der Waals surface area contributed by atoms with Gasteiger partial charge in [0.2, 0.25) is 0 Å². The quantitative estimate of drug-likeness (QED) is 0.641. The van der Waals surface area contributed by atoms with Gasteiger partial charge in [-0.25, -0.2) is 5.43 Å². The van der Waals surface area contributed by atoms with Gasteiger partial charge in [-0.3, -0.25) is 15.4 Å². The van der Waals surface area contributed by atoms with E-state index in [9.17, 15) is 0 Å². The van der Waals surface area contributed by atoms with E-state index in [-0.39, 0.29) is 11.6 Å². The van der Waals surface area contributed by atoms with Crippen molar-refractivity contribution in [2.75, 3.05) is 13.1 Å². The minimum Gasteiger partial charge on any atom is -0.296 e. The Morgan fingerprint density at radius 1 is 1.26 bits per heavy atom. The molecule has 19 heavy (non-hydrogen) atoms. The molecule has 1 unspecified atom stereocenters. The second-order valence-corrected chi connectivity index (χ2v) is 6.03. The van der Waals surface area contributed by atoms with E-state index in [2.05, 4.69) is 29.3 Å². The number of nitrogens with one attached hydrogen (secondary N) is 1. The predicted molar refractivity (Wildman–Crippen MR) is 77.4 cm³/mol. The molecule has 5 nitrogen and oxygen atoms in total. The van der Waals surface area contributed by atoms with Crippen molar-refractivity contribution < 1.29 is 0 Å². The standard InChI is InChI=1S/C14H27N5/c1-14(2,19-10-6-4-5-7-11-19)13(17-15)12-8-9-16-18(12)3/h8-9,13,17H,4-7,10-11,15H2,1-3H3. The molecule has 1 aromatic rings. The summed E-state index contributed by atoms with van der Waals surface area (Å²) in [5, 5.41) is 4.27. The van der Waals surface area contributed by atoms with Crippen LogP contribution in [0.3, 0.4) is 0 Å². The molecule has 0 spiro atoms. The lowest BCUT2D eigenvalue weighted by atomic mass is 9.89. The van der Waals surface area contributed by atoms with E-state index in [0.717, 1.165) is 18.8 Å². The second-order valence-electron chi connectivity index (χ2n) is 6.03. The van der Waals surface area contributed by atoms with Crippen molar-refractivity contribution >= 4 is 0 Å². The molecule has 0 radical (unpaired) electrons. The van der Waals surface area contributed by atoms with Crippen molar-refractivity contribution in [1.29, 1.82) is 0 Å². The van der Waals surface area contributed by atoms with Crippen molar-refractivity contribution in [2.45, 2.75) is 51.1 Å². The van der Waals surface area contributed by atoms with Crippen molar-refractivity contribution in [3.63, 3.8) is 0 Å². The minimum absolute atomic E-state index is 0.0209. The van der Waals surface area contributed by atoms with Crippen molar-refractivity contribution in [3.05, 3.63) is 18.0 Å². The van der Waals surface area contributed by atoms with Crippen LogP contribution in [0.5, 0.6) is 0 Å². The van der Waals surface area contributed by atoms with Crippen LogP contribution in [-0.4, -0.2) is 33.3 Å². The topological polar surface area (TPSA) is 59.1 Å². The zero-order valence-corrected chi connectivity index (χ0v) is 12.4. The number of nitrogens with two attached hydrogens (primary N) is 1. The molecule has 0 aliphatic carbocycles. The molecule has 2 heterocycles. The molecule has 0 saturated carbocycles. The molecule has 1 aliphatic rings. The number of nitrogens with zero attached hydrogens (tertiary/aromatic N) is 3. The number of hydrogen-bond acceptors (Lipinski definition) is 4. The first kappa shape index (κ1) is 14.5. The van der Waals surface area contributed by atoms with Crippen LogP contribution >= 0.6 is 0 Å². The molecule has 1 fully saturated rings. The van der Waals surface area contributed by atoms with Gasteiger partial charge in [0.25, 0.3) is 0 Å². The highest BCUT2D eigenvalue weighted by molar-refractivity contribution is 5.13. The molecular formula is C14H27N5. The Morgan fingerprint density at radius 2 is 1.89 bits per heavy atom. The van der Waals surface area contributed by atoms with Gasteiger partial charge in [-0.05, 0) is 45.8 Å². The fourth-order valence-corrected chi connectivity index (χ4v) is 3.15. The smallest absolute Gasteiger partial charge is 0.0806 e. The van der Waals surface area contributed by atoms with Crippen molar-refractivity contribution in [1.82, 2.24) is 20.1 Å². The molecule has 1 aromatic heterocycles. The Balaban J connectivity index is 2.22. The zero-order valence-electron chi connectivity index (χ0n) is 12.4. The van der Waals surface area contributed by atoms with E-state index >= 15 is 0 Å². The highest BCUT2D eigenvalue weighted by Gasteiger charge is 2.37. The number of aryl methyl sites for hydroxylation is 1. The van der Waals surface area contributed by atoms with Crippen LogP contribution in [0, 0.1) is 0 Å². The second kappa shape index (κ2) is 6.03. The van der Waals surface area contributed by atoms with Crippen LogP contribution < -0.4 is 11.3 Å². The van der Waals surface area contributed by atoms with Crippen LogP contribution in [0.25, 0.3) is 0 Å². The van der Waals surface area contributed by atoms with Gasteiger partial charge >= 0.3 is 0 Å². The Morgan fingerprint density at radius 3 is 2.37 bits per heavy atom. The maximum absolute atomic E-state index is 5.85. The Bertz CT molecular complexity index is 390. The maximum Gasteiger partial charge on any atom is 0.0806 e. The molecular weight excluding hydrogens is 238 g/mol. The molecule has 0 bridgehead atoms. The molecule has 2 rings (SSSR count). The average Bonchev–Trinajstić information content (AvgIpc) is 2.66. The third-order valence-electron chi connectivity index (χ3n) is 4.45. The molecule has 108 valence electrons. The van der Waals surface area contributed by atoms with Crippen molar-refractivity contribution in [2.24, 2.45) is 12.9 Å². The summed E-state index contributed by atoms with van der Waals surface area (Å²) in [4.78, 5) is 2.57. The Labute approximate surface area is 116 Å². The summed E-state index contributed by atoms with van der Waals surface area (Å²) in [5.74, 6) is 5.85. The van der Waals surface area contributed by atoms with Gasteiger partial charge in [0.1, 0.15) is 0 Å². The summed E-state index contributed by atoms with van der Waals surface area (Å²) < 4.78 is 1.91. The maximum atomic E-state index is 5.85. The van der Waals surface area contributed by atoms with E-state index in [1.807, 2.05) is 24.0 Å². The highest BCUT2D eigenvalue weighted by atomic mass is 15.3. The van der Waals surface area contributed by atoms with E-state index < -0.39 is 0 Å². The van der Waals surface area contributed by atoms with Crippen LogP contribution in [-0.2, 0) is 7.05 Å². The Kier molecular flexibility index (Phi) is 4.60. The summed E-state index contributed by atoms with van der Waals surface area (Å²) in [6.45, 7) is 6.86. The molecule has 1 atom stereocenters. The number of hydrogen-bond donors (Lipinski definition) is 2. The Hall–Kier alpha value is -0.910. The predicted octanol–water partition coefficient (Wildman–Crippen LogP) is 1.58. The molecule has 5 heteroatoms. The number of hydrazine groups is 1. The largest absolute Gasteiger partial charge is 0.296 e. The van der Waals surface area contributed by atoms with Gasteiger partial charge in [-0.1, -0.05) is 12.8 Å². The molecule has 1 aliphatic heterocycles. The van der Waals surface area contributed by atoms with Gasteiger partial charge in [0, 0.05) is 18.8 Å². The van der Waals surface area contributed by atoms with Gasteiger partial charge in [-0.2, -0.15) is 5.10 Å². The zero-order chi connectivity index (χ0) is 13.9. The SMILES string of the molecule is Cn1nccc1C(NN)C(C)(C)N1CCCCCC1. The lowest BCUT2D eigenvalue weighted by Gasteiger charge is -2.43. The van der Waals surface area contributed by atoms with E-state index in [4.69, 9.17) is 5.84 Å². The van der Waals surface area contributed by atoms with Crippen LogP contribution in [0.4, 0.5) is 0 Å². The number of likely N-dealkylation sites (tertiary alicyclic amines) is 1. The van der Waals surface area contributed by atoms with E-state index in [1.54, 1.807) is 0 Å². The fourth-order valence-electron chi connectivity index (χ4n) is 3.15. The molecule has 0 aromatic carbocycles. The monoisotopic (exact) mass is 265 g/mol. The molecule has 0 amide bonds. The first-order valence-corrected chi connectivity index (χ1v) is 7.26. The van der Waals surface area contributed by atoms with Crippen LogP contribution in [0.2, 0.25) is 0 Å². The van der Waals surface area contributed by atoms with Crippen molar-refractivity contribution in [3.8, 4) is 0 Å². The summed E-state index contributed by atoms with van der Waals surface area (Å²) >= 11 is 0. The fraction of sp³-hybridized carbons (Fsp3) is 0.786. The minimum atomic E-state index is -0.0209. The average molecular weight is 265 g/mol. The van der Waals surface area contributed by atoms with Gasteiger partial charge in [0.05, 0.1) is 11.7 Å². The lowest BCUT2D eigenvalue weighted by molar-refractivity contribution is 0.0803. The summed E-state index contributed by atoms with van der Waals surface area (Å²) in [6.07, 6.45) is 7.09. The summed E-state index contributed by atoms with van der Waals surface area (Å²) in [7, 11) is 1.97. The number of aromatic nitrogens is 2. The van der Waals surface area contributed by atoms with Gasteiger partial charge in [0.15, 0.2) is 0 Å². The third kappa shape index (κ3) is 2.99. The number of rotatable bonds is 4.